The fourth-order valence-electron chi connectivity index (χ4n) is 2.95. The van der Waals surface area contributed by atoms with Crippen molar-refractivity contribution < 1.29 is 9.53 Å². The molecule has 1 aliphatic rings. The van der Waals surface area contributed by atoms with E-state index in [0.29, 0.717) is 11.0 Å². The Morgan fingerprint density at radius 1 is 1.33 bits per heavy atom. The lowest BCUT2D eigenvalue weighted by Gasteiger charge is -2.18. The fourth-order valence-corrected chi connectivity index (χ4v) is 3.85. The zero-order valence-electron chi connectivity index (χ0n) is 13.7. The van der Waals surface area contributed by atoms with E-state index in [1.54, 1.807) is 11.6 Å². The quantitative estimate of drug-likeness (QED) is 0.917. The Hall–Kier alpha value is -2.22. The van der Waals surface area contributed by atoms with Crippen molar-refractivity contribution in [1.29, 1.82) is 0 Å². The molecule has 0 saturated heterocycles. The molecule has 2 heterocycles. The van der Waals surface area contributed by atoms with E-state index in [-0.39, 0.29) is 22.8 Å². The van der Waals surface area contributed by atoms with E-state index in [4.69, 9.17) is 4.74 Å². The molecule has 2 aromatic heterocycles. The maximum absolute atomic E-state index is 12.4. The van der Waals surface area contributed by atoms with Gasteiger partial charge in [0, 0.05) is 19.0 Å². The summed E-state index contributed by atoms with van der Waals surface area (Å²) in [5, 5.41) is 12.5. The molecule has 0 spiro atoms. The van der Waals surface area contributed by atoms with Crippen LogP contribution in [-0.2, 0) is 7.05 Å². The van der Waals surface area contributed by atoms with E-state index < -0.39 is 0 Å². The summed E-state index contributed by atoms with van der Waals surface area (Å²) < 4.78 is 6.52. The molecule has 0 atom stereocenters. The molecule has 2 aromatic rings. The van der Waals surface area contributed by atoms with Crippen LogP contribution in [0, 0.1) is 0 Å². The van der Waals surface area contributed by atoms with Gasteiger partial charge in [0.2, 0.25) is 10.6 Å². The molecule has 1 fully saturated rings. The molecule has 0 bridgehead atoms. The first kappa shape index (κ1) is 16.6. The molecular formula is C16H20N4O3S. The number of aryl methyl sites for hydroxylation is 1. The smallest absolute Gasteiger partial charge is 0.274 e. The van der Waals surface area contributed by atoms with E-state index in [9.17, 15) is 9.59 Å². The number of pyridine rings is 1. The number of amides is 1. The molecule has 1 saturated carbocycles. The second kappa shape index (κ2) is 7.12. The average Bonchev–Trinajstić information content (AvgIpc) is 3.05. The van der Waals surface area contributed by atoms with E-state index >= 15 is 0 Å². The van der Waals surface area contributed by atoms with Crippen molar-refractivity contribution >= 4 is 22.4 Å². The summed E-state index contributed by atoms with van der Waals surface area (Å²) in [7, 11) is 3.11. The van der Waals surface area contributed by atoms with Crippen LogP contribution in [0.25, 0.3) is 0 Å². The largest absolute Gasteiger partial charge is 0.491 e. The van der Waals surface area contributed by atoms with Gasteiger partial charge in [-0.1, -0.05) is 30.6 Å². The SMILES string of the molecule is COc1cn(C)c(C(=O)Nc2nnc(C3CCCCC3)s2)cc1=O. The Kier molecular flexibility index (Phi) is 4.94. The van der Waals surface area contributed by atoms with Crippen molar-refractivity contribution in [2.75, 3.05) is 12.4 Å². The number of aromatic nitrogens is 3. The van der Waals surface area contributed by atoms with Gasteiger partial charge in [-0.15, -0.1) is 10.2 Å². The van der Waals surface area contributed by atoms with Crippen LogP contribution in [0.5, 0.6) is 5.75 Å². The summed E-state index contributed by atoms with van der Waals surface area (Å²) in [6.45, 7) is 0. The van der Waals surface area contributed by atoms with Gasteiger partial charge in [0.1, 0.15) is 10.7 Å². The molecule has 8 heteroatoms. The summed E-state index contributed by atoms with van der Waals surface area (Å²) in [5.41, 5.74) is -0.0869. The second-order valence-corrected chi connectivity index (χ2v) is 6.95. The molecule has 0 unspecified atom stereocenters. The minimum atomic E-state index is -0.386. The lowest BCUT2D eigenvalue weighted by Crippen LogP contribution is -2.21. The van der Waals surface area contributed by atoms with Gasteiger partial charge in [0.25, 0.3) is 5.91 Å². The highest BCUT2D eigenvalue weighted by molar-refractivity contribution is 7.15. The number of nitrogens with one attached hydrogen (secondary N) is 1. The molecule has 7 nitrogen and oxygen atoms in total. The number of ether oxygens (including phenoxy) is 1. The van der Waals surface area contributed by atoms with Gasteiger partial charge in [-0.2, -0.15) is 0 Å². The van der Waals surface area contributed by atoms with E-state index in [0.717, 1.165) is 17.8 Å². The summed E-state index contributed by atoms with van der Waals surface area (Å²) in [6.07, 6.45) is 7.49. The third kappa shape index (κ3) is 3.48. The van der Waals surface area contributed by atoms with E-state index in [1.165, 1.54) is 50.0 Å². The number of hydrogen-bond acceptors (Lipinski definition) is 6. The van der Waals surface area contributed by atoms with Gasteiger partial charge in [0.15, 0.2) is 5.75 Å². The van der Waals surface area contributed by atoms with Gasteiger partial charge in [-0.25, -0.2) is 0 Å². The third-order valence-electron chi connectivity index (χ3n) is 4.27. The molecule has 0 aliphatic heterocycles. The lowest BCUT2D eigenvalue weighted by atomic mass is 9.90. The Bertz CT molecular complexity index is 793. The molecular weight excluding hydrogens is 328 g/mol. The third-order valence-corrected chi connectivity index (χ3v) is 5.27. The number of carbonyl (C=O) groups is 1. The zero-order chi connectivity index (χ0) is 17.1. The van der Waals surface area contributed by atoms with Crippen LogP contribution in [0.15, 0.2) is 17.1 Å². The summed E-state index contributed by atoms with van der Waals surface area (Å²) in [4.78, 5) is 24.2. The van der Waals surface area contributed by atoms with Crippen molar-refractivity contribution in [1.82, 2.24) is 14.8 Å². The first-order chi connectivity index (χ1) is 11.6. The Balaban J connectivity index is 1.74. The first-order valence-corrected chi connectivity index (χ1v) is 8.79. The summed E-state index contributed by atoms with van der Waals surface area (Å²) in [6, 6.07) is 1.26. The highest BCUT2D eigenvalue weighted by Gasteiger charge is 2.21. The van der Waals surface area contributed by atoms with Gasteiger partial charge >= 0.3 is 0 Å². The number of rotatable bonds is 4. The minimum Gasteiger partial charge on any atom is -0.491 e. The van der Waals surface area contributed by atoms with Gasteiger partial charge < -0.3 is 9.30 Å². The standard InChI is InChI=1S/C16H20N4O3S/c1-20-9-13(23-2)12(21)8-11(20)14(22)17-16-19-18-15(24-16)10-6-4-3-5-7-10/h8-10H,3-7H2,1-2H3,(H,17,19,22). The summed E-state index contributed by atoms with van der Waals surface area (Å²) in [5.74, 6) is 0.264. The number of anilines is 1. The molecule has 24 heavy (non-hydrogen) atoms. The molecule has 1 aliphatic carbocycles. The maximum atomic E-state index is 12.4. The molecule has 1 amide bonds. The van der Waals surface area contributed by atoms with Crippen LogP contribution >= 0.6 is 11.3 Å². The van der Waals surface area contributed by atoms with Gasteiger partial charge in [-0.3, -0.25) is 14.9 Å². The van der Waals surface area contributed by atoms with Crippen LogP contribution in [0.2, 0.25) is 0 Å². The van der Waals surface area contributed by atoms with Crippen molar-refractivity contribution in [2.45, 2.75) is 38.0 Å². The van der Waals surface area contributed by atoms with Crippen molar-refractivity contribution in [2.24, 2.45) is 7.05 Å². The number of hydrogen-bond donors (Lipinski definition) is 1. The molecule has 1 N–H and O–H groups in total. The Morgan fingerprint density at radius 3 is 2.79 bits per heavy atom. The van der Waals surface area contributed by atoms with Gasteiger partial charge in [-0.05, 0) is 12.8 Å². The Morgan fingerprint density at radius 2 is 2.08 bits per heavy atom. The molecule has 0 radical (unpaired) electrons. The van der Waals surface area contributed by atoms with E-state index in [2.05, 4.69) is 15.5 Å². The summed E-state index contributed by atoms with van der Waals surface area (Å²) >= 11 is 1.41. The van der Waals surface area contributed by atoms with Crippen molar-refractivity contribution in [3.05, 3.63) is 33.2 Å². The maximum Gasteiger partial charge on any atom is 0.274 e. The van der Waals surface area contributed by atoms with Crippen LogP contribution < -0.4 is 15.5 Å². The number of nitrogens with zero attached hydrogens (tertiary/aromatic N) is 3. The van der Waals surface area contributed by atoms with Crippen molar-refractivity contribution in [3.8, 4) is 5.75 Å². The predicted molar refractivity (Wildman–Crippen MR) is 91.9 cm³/mol. The number of carbonyl (C=O) groups excluding carboxylic acids is 1. The highest BCUT2D eigenvalue weighted by atomic mass is 32.1. The van der Waals surface area contributed by atoms with Crippen LogP contribution in [0.4, 0.5) is 5.13 Å². The molecule has 3 rings (SSSR count). The van der Waals surface area contributed by atoms with E-state index in [1.807, 2.05) is 0 Å². The minimum absolute atomic E-state index is 0.199. The molecule has 0 aromatic carbocycles. The normalized spacial score (nSPS) is 15.2. The monoisotopic (exact) mass is 348 g/mol. The average molecular weight is 348 g/mol. The van der Waals surface area contributed by atoms with Crippen LogP contribution in [0.3, 0.4) is 0 Å². The Labute approximate surface area is 143 Å². The zero-order valence-corrected chi connectivity index (χ0v) is 14.6. The fraction of sp³-hybridized carbons (Fsp3) is 0.500. The first-order valence-electron chi connectivity index (χ1n) is 7.98. The number of methoxy groups -OCH3 is 1. The van der Waals surface area contributed by atoms with Crippen LogP contribution in [0.1, 0.15) is 53.5 Å². The second-order valence-electron chi connectivity index (χ2n) is 5.94. The van der Waals surface area contributed by atoms with Crippen LogP contribution in [-0.4, -0.2) is 27.8 Å². The lowest BCUT2D eigenvalue weighted by molar-refractivity contribution is 0.101. The van der Waals surface area contributed by atoms with Gasteiger partial charge in [0.05, 0.1) is 13.3 Å². The molecule has 128 valence electrons. The predicted octanol–water partition coefficient (Wildman–Crippen LogP) is 2.55. The topological polar surface area (TPSA) is 86.1 Å². The van der Waals surface area contributed by atoms with Crippen molar-refractivity contribution in [3.63, 3.8) is 0 Å². The highest BCUT2D eigenvalue weighted by Crippen LogP contribution is 2.35.